The molecule has 6 heteroatoms. The van der Waals surface area contributed by atoms with E-state index in [9.17, 15) is 4.79 Å². The Hall–Kier alpha value is -1.43. The molecule has 2 aromatic rings. The highest BCUT2D eigenvalue weighted by molar-refractivity contribution is 9.10. The lowest BCUT2D eigenvalue weighted by molar-refractivity contribution is 0.657. The molecule has 5 nitrogen and oxygen atoms in total. The molecule has 84 valence electrons. The van der Waals surface area contributed by atoms with Gasteiger partial charge in [-0.2, -0.15) is 5.10 Å². The minimum atomic E-state index is -0.0840. The van der Waals surface area contributed by atoms with Crippen LogP contribution < -0.4 is 5.56 Å². The number of hydrogen-bond acceptors (Lipinski definition) is 3. The molecule has 16 heavy (non-hydrogen) atoms. The van der Waals surface area contributed by atoms with Crippen LogP contribution in [0.4, 0.5) is 0 Å². The Balaban J connectivity index is 2.27. The van der Waals surface area contributed by atoms with Crippen LogP contribution in [0, 0.1) is 0 Å². The van der Waals surface area contributed by atoms with E-state index in [2.05, 4.69) is 26.0 Å². The fourth-order valence-corrected chi connectivity index (χ4v) is 1.74. The monoisotopic (exact) mass is 282 g/mol. The summed E-state index contributed by atoms with van der Waals surface area (Å²) in [6.45, 7) is 3.33. The molecule has 0 aliphatic heterocycles. The lowest BCUT2D eigenvalue weighted by Gasteiger charge is -2.02. The van der Waals surface area contributed by atoms with Crippen LogP contribution in [0.5, 0.6) is 0 Å². The number of halogens is 1. The fourth-order valence-electron chi connectivity index (χ4n) is 1.39. The first kappa shape index (κ1) is 11.1. The minimum absolute atomic E-state index is 0.0840. The highest BCUT2D eigenvalue weighted by Crippen LogP contribution is 2.02. The van der Waals surface area contributed by atoms with Gasteiger partial charge in [0.25, 0.3) is 5.56 Å². The molecule has 0 fully saturated rings. The van der Waals surface area contributed by atoms with Crippen LogP contribution in [-0.4, -0.2) is 19.3 Å². The number of aryl methyl sites for hydroxylation is 1. The molecule has 2 heterocycles. The van der Waals surface area contributed by atoms with Gasteiger partial charge in [-0.15, -0.1) is 0 Å². The Morgan fingerprint density at radius 3 is 2.94 bits per heavy atom. The normalized spacial score (nSPS) is 10.6. The van der Waals surface area contributed by atoms with E-state index in [0.717, 1.165) is 12.1 Å². The van der Waals surface area contributed by atoms with Crippen molar-refractivity contribution >= 4 is 15.9 Å². The Kier molecular flexibility index (Phi) is 3.19. The van der Waals surface area contributed by atoms with Gasteiger partial charge in [-0.25, -0.2) is 4.98 Å². The summed E-state index contributed by atoms with van der Waals surface area (Å²) in [5, 5.41) is 4.15. The van der Waals surface area contributed by atoms with E-state index in [1.165, 1.54) is 12.5 Å². The van der Waals surface area contributed by atoms with Gasteiger partial charge in [-0.05, 0) is 22.9 Å². The first-order valence-corrected chi connectivity index (χ1v) is 5.71. The molecular formula is C10H11BrN4O. The van der Waals surface area contributed by atoms with Crippen LogP contribution in [0.25, 0.3) is 0 Å². The lowest BCUT2D eigenvalue weighted by Crippen LogP contribution is -2.21. The van der Waals surface area contributed by atoms with Gasteiger partial charge in [0.2, 0.25) is 0 Å². The van der Waals surface area contributed by atoms with E-state index < -0.39 is 0 Å². The molecule has 0 bridgehead atoms. The SMILES string of the molecule is CCn1cc(Cn2cncc(Br)c2=O)cn1. The van der Waals surface area contributed by atoms with E-state index in [-0.39, 0.29) is 5.56 Å². The summed E-state index contributed by atoms with van der Waals surface area (Å²) >= 11 is 3.16. The van der Waals surface area contributed by atoms with Crippen molar-refractivity contribution < 1.29 is 0 Å². The zero-order valence-corrected chi connectivity index (χ0v) is 10.4. The third kappa shape index (κ3) is 2.21. The number of rotatable bonds is 3. The second kappa shape index (κ2) is 4.61. The molecule has 0 spiro atoms. The van der Waals surface area contributed by atoms with E-state index in [1.807, 2.05) is 17.8 Å². The van der Waals surface area contributed by atoms with Crippen LogP contribution in [0.15, 0.2) is 34.2 Å². The van der Waals surface area contributed by atoms with Crippen molar-refractivity contribution in [3.8, 4) is 0 Å². The summed E-state index contributed by atoms with van der Waals surface area (Å²) in [5.41, 5.74) is 0.906. The van der Waals surface area contributed by atoms with Crippen LogP contribution in [0.1, 0.15) is 12.5 Å². The van der Waals surface area contributed by atoms with Crippen LogP contribution in [-0.2, 0) is 13.1 Å². The van der Waals surface area contributed by atoms with Crippen molar-refractivity contribution in [1.29, 1.82) is 0 Å². The Bertz CT molecular complexity index is 546. The maximum Gasteiger partial charge on any atom is 0.267 e. The summed E-state index contributed by atoms with van der Waals surface area (Å²) in [6, 6.07) is 0. The van der Waals surface area contributed by atoms with Gasteiger partial charge in [0, 0.05) is 24.5 Å². The summed E-state index contributed by atoms with van der Waals surface area (Å²) in [5.74, 6) is 0. The van der Waals surface area contributed by atoms with Crippen molar-refractivity contribution in [3.63, 3.8) is 0 Å². The molecule has 0 radical (unpaired) electrons. The third-order valence-electron chi connectivity index (χ3n) is 2.22. The summed E-state index contributed by atoms with van der Waals surface area (Å²) < 4.78 is 3.84. The minimum Gasteiger partial charge on any atom is -0.294 e. The van der Waals surface area contributed by atoms with Gasteiger partial charge < -0.3 is 0 Å². The number of nitrogens with zero attached hydrogens (tertiary/aromatic N) is 4. The van der Waals surface area contributed by atoms with Gasteiger partial charge in [0.1, 0.15) is 4.47 Å². The molecule has 0 aromatic carbocycles. The average molecular weight is 283 g/mol. The fraction of sp³-hybridized carbons (Fsp3) is 0.300. The summed E-state index contributed by atoms with van der Waals surface area (Å²) in [6.07, 6.45) is 6.70. The van der Waals surface area contributed by atoms with Crippen molar-refractivity contribution in [3.05, 3.63) is 45.3 Å². The topological polar surface area (TPSA) is 52.7 Å². The van der Waals surface area contributed by atoms with Crippen LogP contribution >= 0.6 is 15.9 Å². The van der Waals surface area contributed by atoms with Gasteiger partial charge in [0.15, 0.2) is 0 Å². The summed E-state index contributed by atoms with van der Waals surface area (Å²) in [4.78, 5) is 15.7. The number of hydrogen-bond donors (Lipinski definition) is 0. The standard InChI is InChI=1S/C10H11BrN4O/c1-2-15-6-8(3-13-15)5-14-7-12-4-9(11)10(14)16/h3-4,6-7H,2,5H2,1H3. The van der Waals surface area contributed by atoms with Gasteiger partial charge in [0.05, 0.1) is 19.1 Å². The van der Waals surface area contributed by atoms with Gasteiger partial charge in [-0.1, -0.05) is 0 Å². The van der Waals surface area contributed by atoms with Crippen LogP contribution in [0.3, 0.4) is 0 Å². The van der Waals surface area contributed by atoms with Gasteiger partial charge >= 0.3 is 0 Å². The molecule has 0 aliphatic carbocycles. The van der Waals surface area contributed by atoms with E-state index >= 15 is 0 Å². The van der Waals surface area contributed by atoms with Crippen molar-refractivity contribution in [2.45, 2.75) is 20.0 Å². The van der Waals surface area contributed by atoms with E-state index in [4.69, 9.17) is 0 Å². The molecule has 0 aliphatic rings. The molecule has 0 unspecified atom stereocenters. The Morgan fingerprint density at radius 2 is 2.25 bits per heavy atom. The highest BCUT2D eigenvalue weighted by atomic mass is 79.9. The summed E-state index contributed by atoms with van der Waals surface area (Å²) in [7, 11) is 0. The van der Waals surface area contributed by atoms with Crippen molar-refractivity contribution in [1.82, 2.24) is 19.3 Å². The Morgan fingerprint density at radius 1 is 1.44 bits per heavy atom. The predicted octanol–water partition coefficient (Wildman–Crippen LogP) is 1.27. The molecule has 0 saturated carbocycles. The zero-order valence-electron chi connectivity index (χ0n) is 8.80. The Labute approximate surface area is 101 Å². The quantitative estimate of drug-likeness (QED) is 0.852. The lowest BCUT2D eigenvalue weighted by atomic mass is 10.3. The first-order valence-electron chi connectivity index (χ1n) is 4.92. The largest absolute Gasteiger partial charge is 0.294 e. The molecule has 0 amide bonds. The van der Waals surface area contributed by atoms with Crippen LogP contribution in [0.2, 0.25) is 0 Å². The average Bonchev–Trinajstić information content (AvgIpc) is 2.73. The molecule has 0 N–H and O–H groups in total. The second-order valence-corrected chi connectivity index (χ2v) is 4.23. The maximum absolute atomic E-state index is 11.7. The van der Waals surface area contributed by atoms with Gasteiger partial charge in [-0.3, -0.25) is 14.0 Å². The van der Waals surface area contributed by atoms with E-state index in [1.54, 1.807) is 10.8 Å². The third-order valence-corrected chi connectivity index (χ3v) is 2.77. The maximum atomic E-state index is 11.7. The van der Waals surface area contributed by atoms with Crippen molar-refractivity contribution in [2.24, 2.45) is 0 Å². The molecule has 2 aromatic heterocycles. The number of aromatic nitrogens is 4. The second-order valence-electron chi connectivity index (χ2n) is 3.38. The van der Waals surface area contributed by atoms with E-state index in [0.29, 0.717) is 11.0 Å². The molecule has 2 rings (SSSR count). The molecule has 0 saturated heterocycles. The first-order chi connectivity index (χ1) is 7.70. The zero-order chi connectivity index (χ0) is 11.5. The molecule has 0 atom stereocenters. The highest BCUT2D eigenvalue weighted by Gasteiger charge is 2.03. The smallest absolute Gasteiger partial charge is 0.267 e. The van der Waals surface area contributed by atoms with Crippen molar-refractivity contribution in [2.75, 3.05) is 0 Å². The molecular weight excluding hydrogens is 272 g/mol. The predicted molar refractivity (Wildman–Crippen MR) is 63.2 cm³/mol.